The van der Waals surface area contributed by atoms with E-state index in [1.54, 1.807) is 18.3 Å². The molecular formula is C16H21NOS. The Kier molecular flexibility index (Phi) is 4.72. The fraction of sp³-hybridized carbons (Fsp3) is 0.438. The van der Waals surface area contributed by atoms with Crippen LogP contribution in [0.5, 0.6) is 0 Å². The van der Waals surface area contributed by atoms with Gasteiger partial charge in [0.25, 0.3) is 0 Å². The first kappa shape index (κ1) is 14.2. The topological polar surface area (TPSA) is 33.1 Å². The molecule has 0 spiro atoms. The van der Waals surface area contributed by atoms with Crippen molar-refractivity contribution in [3.63, 3.8) is 0 Å². The van der Waals surface area contributed by atoms with Gasteiger partial charge in [0.05, 0.1) is 16.7 Å². The van der Waals surface area contributed by atoms with Crippen molar-refractivity contribution in [2.24, 2.45) is 0 Å². The molecule has 0 radical (unpaired) electrons. The summed E-state index contributed by atoms with van der Waals surface area (Å²) in [4.78, 5) is 5.52. The predicted molar refractivity (Wildman–Crippen MR) is 81.5 cm³/mol. The Morgan fingerprint density at radius 1 is 1.26 bits per heavy atom. The van der Waals surface area contributed by atoms with Crippen molar-refractivity contribution in [1.29, 1.82) is 0 Å². The molecule has 0 saturated heterocycles. The van der Waals surface area contributed by atoms with Crippen LogP contribution in [0.4, 0.5) is 0 Å². The molecule has 2 nitrogen and oxygen atoms in total. The third kappa shape index (κ3) is 3.43. The molecule has 0 aliphatic rings. The molecule has 1 N–H and O–H groups in total. The Morgan fingerprint density at radius 2 is 1.95 bits per heavy atom. The lowest BCUT2D eigenvalue weighted by molar-refractivity contribution is 0.202. The van der Waals surface area contributed by atoms with E-state index in [1.807, 2.05) is 6.92 Å². The second kappa shape index (κ2) is 6.31. The lowest BCUT2D eigenvalue weighted by Gasteiger charge is -2.01. The number of aliphatic hydroxyl groups excluding tert-OH is 1. The van der Waals surface area contributed by atoms with E-state index in [9.17, 15) is 5.11 Å². The Labute approximate surface area is 119 Å². The zero-order valence-electron chi connectivity index (χ0n) is 11.8. The van der Waals surface area contributed by atoms with Gasteiger partial charge >= 0.3 is 0 Å². The van der Waals surface area contributed by atoms with Gasteiger partial charge in [0, 0.05) is 5.56 Å². The summed E-state index contributed by atoms with van der Waals surface area (Å²) >= 11 is 1.58. The predicted octanol–water partition coefficient (Wildman–Crippen LogP) is 4.51. The summed E-state index contributed by atoms with van der Waals surface area (Å²) < 4.78 is 0. The Bertz CT molecular complexity index is 528. The van der Waals surface area contributed by atoms with Gasteiger partial charge in [0.1, 0.15) is 5.01 Å². The van der Waals surface area contributed by atoms with Crippen LogP contribution in [0.2, 0.25) is 0 Å². The molecule has 1 atom stereocenters. The number of rotatable bonds is 5. The van der Waals surface area contributed by atoms with Crippen LogP contribution in [-0.2, 0) is 6.42 Å². The van der Waals surface area contributed by atoms with Crippen LogP contribution < -0.4 is 0 Å². The van der Waals surface area contributed by atoms with Gasteiger partial charge < -0.3 is 5.11 Å². The first-order valence-electron chi connectivity index (χ1n) is 6.86. The van der Waals surface area contributed by atoms with Crippen molar-refractivity contribution in [2.75, 3.05) is 0 Å². The molecule has 1 aromatic carbocycles. The molecule has 2 aromatic rings. The van der Waals surface area contributed by atoms with Gasteiger partial charge in [-0.05, 0) is 32.3 Å². The van der Waals surface area contributed by atoms with E-state index in [0.717, 1.165) is 27.6 Å². The van der Waals surface area contributed by atoms with E-state index in [4.69, 9.17) is 0 Å². The zero-order valence-corrected chi connectivity index (χ0v) is 12.6. The van der Waals surface area contributed by atoms with Gasteiger partial charge in [-0.15, -0.1) is 11.3 Å². The first-order valence-corrected chi connectivity index (χ1v) is 7.68. The molecular weight excluding hydrogens is 254 g/mol. The summed E-state index contributed by atoms with van der Waals surface area (Å²) in [6.07, 6.45) is 3.18. The summed E-state index contributed by atoms with van der Waals surface area (Å²) in [7, 11) is 0. The van der Waals surface area contributed by atoms with E-state index in [0.29, 0.717) is 0 Å². The summed E-state index contributed by atoms with van der Waals surface area (Å²) in [6, 6.07) is 8.64. The SMILES string of the molecule is CCCCc1ccc(-c2nc(C)c(C(C)O)s2)cc1. The van der Waals surface area contributed by atoms with Crippen molar-refractivity contribution < 1.29 is 5.11 Å². The number of hydrogen-bond acceptors (Lipinski definition) is 3. The Balaban J connectivity index is 2.20. The number of benzene rings is 1. The molecule has 102 valence electrons. The Hall–Kier alpha value is -1.19. The highest BCUT2D eigenvalue weighted by Gasteiger charge is 2.12. The van der Waals surface area contributed by atoms with Crippen molar-refractivity contribution in [3.8, 4) is 10.6 Å². The van der Waals surface area contributed by atoms with E-state index >= 15 is 0 Å². The number of hydrogen-bond donors (Lipinski definition) is 1. The van der Waals surface area contributed by atoms with Crippen molar-refractivity contribution >= 4 is 11.3 Å². The fourth-order valence-electron chi connectivity index (χ4n) is 2.11. The molecule has 0 aliphatic heterocycles. The third-order valence-electron chi connectivity index (χ3n) is 3.23. The fourth-order valence-corrected chi connectivity index (χ4v) is 3.12. The highest BCUT2D eigenvalue weighted by molar-refractivity contribution is 7.15. The van der Waals surface area contributed by atoms with Crippen molar-refractivity contribution in [1.82, 2.24) is 4.98 Å². The van der Waals surface area contributed by atoms with Crippen LogP contribution in [0.1, 0.15) is 48.9 Å². The van der Waals surface area contributed by atoms with E-state index in [-0.39, 0.29) is 0 Å². The maximum absolute atomic E-state index is 9.68. The molecule has 1 heterocycles. The normalized spacial score (nSPS) is 12.6. The molecule has 0 bridgehead atoms. The number of aryl methyl sites for hydroxylation is 2. The van der Waals surface area contributed by atoms with Crippen LogP contribution in [0.3, 0.4) is 0 Å². The van der Waals surface area contributed by atoms with Gasteiger partial charge in [-0.2, -0.15) is 0 Å². The van der Waals surface area contributed by atoms with Gasteiger partial charge in [-0.3, -0.25) is 0 Å². The highest BCUT2D eigenvalue weighted by Crippen LogP contribution is 2.31. The van der Waals surface area contributed by atoms with Crippen LogP contribution in [-0.4, -0.2) is 10.1 Å². The number of nitrogens with zero attached hydrogens (tertiary/aromatic N) is 1. The summed E-state index contributed by atoms with van der Waals surface area (Å²) in [5, 5.41) is 10.7. The summed E-state index contributed by atoms with van der Waals surface area (Å²) in [5.74, 6) is 0. The van der Waals surface area contributed by atoms with Crippen LogP contribution in [0.15, 0.2) is 24.3 Å². The summed E-state index contributed by atoms with van der Waals surface area (Å²) in [5.41, 5.74) is 3.46. The molecule has 0 aliphatic carbocycles. The van der Waals surface area contributed by atoms with E-state index < -0.39 is 6.10 Å². The van der Waals surface area contributed by atoms with Gasteiger partial charge in [-0.25, -0.2) is 4.98 Å². The standard InChI is InChI=1S/C16H21NOS/c1-4-5-6-13-7-9-14(10-8-13)16-17-11(2)15(19-16)12(3)18/h7-10,12,18H,4-6H2,1-3H3. The first-order chi connectivity index (χ1) is 9.11. The highest BCUT2D eigenvalue weighted by atomic mass is 32.1. The molecule has 3 heteroatoms. The van der Waals surface area contributed by atoms with Crippen LogP contribution >= 0.6 is 11.3 Å². The monoisotopic (exact) mass is 275 g/mol. The molecule has 1 unspecified atom stereocenters. The van der Waals surface area contributed by atoms with Crippen LogP contribution in [0, 0.1) is 6.92 Å². The second-order valence-corrected chi connectivity index (χ2v) is 5.98. The maximum atomic E-state index is 9.68. The van der Waals surface area contributed by atoms with Gasteiger partial charge in [0.2, 0.25) is 0 Å². The number of aliphatic hydroxyl groups is 1. The van der Waals surface area contributed by atoms with Gasteiger partial charge in [0.15, 0.2) is 0 Å². The van der Waals surface area contributed by atoms with E-state index in [2.05, 4.69) is 36.2 Å². The van der Waals surface area contributed by atoms with E-state index in [1.165, 1.54) is 18.4 Å². The largest absolute Gasteiger partial charge is 0.388 e. The lowest BCUT2D eigenvalue weighted by atomic mass is 10.1. The van der Waals surface area contributed by atoms with Crippen molar-refractivity contribution in [3.05, 3.63) is 40.4 Å². The van der Waals surface area contributed by atoms with Crippen molar-refractivity contribution in [2.45, 2.75) is 46.1 Å². The minimum absolute atomic E-state index is 0.435. The maximum Gasteiger partial charge on any atom is 0.123 e. The summed E-state index contributed by atoms with van der Waals surface area (Å²) in [6.45, 7) is 5.96. The second-order valence-electron chi connectivity index (χ2n) is 4.95. The minimum Gasteiger partial charge on any atom is -0.388 e. The average molecular weight is 275 g/mol. The molecule has 0 fully saturated rings. The zero-order chi connectivity index (χ0) is 13.8. The molecule has 1 aromatic heterocycles. The lowest BCUT2D eigenvalue weighted by Crippen LogP contribution is -1.88. The minimum atomic E-state index is -0.435. The molecule has 0 saturated carbocycles. The molecule has 19 heavy (non-hydrogen) atoms. The third-order valence-corrected chi connectivity index (χ3v) is 4.61. The average Bonchev–Trinajstić information content (AvgIpc) is 2.79. The van der Waals surface area contributed by atoms with Crippen LogP contribution in [0.25, 0.3) is 10.6 Å². The van der Waals surface area contributed by atoms with Gasteiger partial charge in [-0.1, -0.05) is 37.6 Å². The number of unbranched alkanes of at least 4 members (excludes halogenated alkanes) is 1. The smallest absolute Gasteiger partial charge is 0.123 e. The number of aromatic nitrogens is 1. The Morgan fingerprint density at radius 3 is 2.47 bits per heavy atom. The molecule has 0 amide bonds. The quantitative estimate of drug-likeness (QED) is 0.870. The molecule has 2 rings (SSSR count). The number of thiazole rings is 1.